The zero-order valence-corrected chi connectivity index (χ0v) is 11.2. The van der Waals surface area contributed by atoms with Crippen LogP contribution in [-0.4, -0.2) is 10.9 Å². The number of carbonyl (C=O) groups is 1. The number of oxazole rings is 1. The SMILES string of the molecule is Cc1cnc(CNC(=O)C2(C#N)CCCCCC2)o1. The highest BCUT2D eigenvalue weighted by molar-refractivity contribution is 5.85. The molecule has 19 heavy (non-hydrogen) atoms. The summed E-state index contributed by atoms with van der Waals surface area (Å²) < 4.78 is 5.30. The van der Waals surface area contributed by atoms with E-state index in [1.165, 1.54) is 0 Å². The van der Waals surface area contributed by atoms with Gasteiger partial charge < -0.3 is 9.73 Å². The Morgan fingerprint density at radius 1 is 1.47 bits per heavy atom. The second-order valence-corrected chi connectivity index (χ2v) is 5.16. The lowest BCUT2D eigenvalue weighted by Crippen LogP contribution is -2.39. The van der Waals surface area contributed by atoms with E-state index in [4.69, 9.17) is 4.42 Å². The second kappa shape index (κ2) is 5.87. The predicted octanol–water partition coefficient (Wildman–Crippen LogP) is 2.46. The van der Waals surface area contributed by atoms with E-state index >= 15 is 0 Å². The molecule has 0 radical (unpaired) electrons. The van der Waals surface area contributed by atoms with Crippen molar-refractivity contribution in [2.45, 2.75) is 52.0 Å². The maximum Gasteiger partial charge on any atom is 0.240 e. The molecule has 1 aliphatic carbocycles. The number of aromatic nitrogens is 1. The Balaban J connectivity index is 1.98. The normalized spacial score (nSPS) is 18.3. The van der Waals surface area contributed by atoms with Crippen LogP contribution in [0.25, 0.3) is 0 Å². The maximum atomic E-state index is 12.3. The van der Waals surface area contributed by atoms with E-state index < -0.39 is 5.41 Å². The minimum atomic E-state index is -0.863. The second-order valence-electron chi connectivity index (χ2n) is 5.16. The fraction of sp³-hybridized carbons (Fsp3) is 0.643. The summed E-state index contributed by atoms with van der Waals surface area (Å²) in [4.78, 5) is 16.3. The number of rotatable bonds is 3. The Morgan fingerprint density at radius 3 is 2.68 bits per heavy atom. The molecule has 0 atom stereocenters. The molecule has 1 heterocycles. The molecule has 0 aromatic carbocycles. The smallest absolute Gasteiger partial charge is 0.240 e. The summed E-state index contributed by atoms with van der Waals surface area (Å²) in [6, 6.07) is 2.24. The van der Waals surface area contributed by atoms with E-state index in [9.17, 15) is 10.1 Å². The molecule has 1 aromatic rings. The van der Waals surface area contributed by atoms with Gasteiger partial charge in [0.25, 0.3) is 0 Å². The number of nitrogens with zero attached hydrogens (tertiary/aromatic N) is 2. The topological polar surface area (TPSA) is 78.9 Å². The summed E-state index contributed by atoms with van der Waals surface area (Å²) >= 11 is 0. The Kier molecular flexibility index (Phi) is 4.20. The van der Waals surface area contributed by atoms with Crippen molar-refractivity contribution in [3.63, 3.8) is 0 Å². The number of carbonyl (C=O) groups excluding carboxylic acids is 1. The lowest BCUT2D eigenvalue weighted by Gasteiger charge is -2.23. The lowest BCUT2D eigenvalue weighted by molar-refractivity contribution is -0.129. The minimum absolute atomic E-state index is 0.187. The molecule has 1 aromatic heterocycles. The van der Waals surface area contributed by atoms with Crippen LogP contribution in [0.5, 0.6) is 0 Å². The van der Waals surface area contributed by atoms with E-state index in [1.807, 2.05) is 0 Å². The molecule has 102 valence electrons. The Labute approximate surface area is 113 Å². The van der Waals surface area contributed by atoms with E-state index in [0.717, 1.165) is 25.7 Å². The summed E-state index contributed by atoms with van der Waals surface area (Å²) in [5, 5.41) is 12.2. The lowest BCUT2D eigenvalue weighted by atomic mass is 9.81. The highest BCUT2D eigenvalue weighted by atomic mass is 16.4. The van der Waals surface area contributed by atoms with Gasteiger partial charge in [0, 0.05) is 0 Å². The number of aryl methyl sites for hydroxylation is 1. The van der Waals surface area contributed by atoms with Crippen LogP contribution in [0.1, 0.15) is 50.2 Å². The predicted molar refractivity (Wildman–Crippen MR) is 68.8 cm³/mol. The maximum absolute atomic E-state index is 12.3. The first-order valence-electron chi connectivity index (χ1n) is 6.77. The monoisotopic (exact) mass is 261 g/mol. The van der Waals surface area contributed by atoms with Gasteiger partial charge in [-0.05, 0) is 19.8 Å². The molecule has 5 nitrogen and oxygen atoms in total. The third-order valence-electron chi connectivity index (χ3n) is 3.68. The highest BCUT2D eigenvalue weighted by Crippen LogP contribution is 2.34. The van der Waals surface area contributed by atoms with Crippen LogP contribution in [0.4, 0.5) is 0 Å². The fourth-order valence-electron chi connectivity index (χ4n) is 2.53. The fourth-order valence-corrected chi connectivity index (χ4v) is 2.53. The van der Waals surface area contributed by atoms with E-state index in [1.54, 1.807) is 13.1 Å². The molecule has 0 saturated heterocycles. The Hall–Kier alpha value is -1.83. The quantitative estimate of drug-likeness (QED) is 0.848. The molecule has 0 unspecified atom stereocenters. The van der Waals surface area contributed by atoms with E-state index in [-0.39, 0.29) is 12.5 Å². The van der Waals surface area contributed by atoms with E-state index in [2.05, 4.69) is 16.4 Å². The summed E-state index contributed by atoms with van der Waals surface area (Å²) in [5.41, 5.74) is -0.863. The van der Waals surface area contributed by atoms with Crippen molar-refractivity contribution >= 4 is 5.91 Å². The molecule has 2 rings (SSSR count). The number of hydrogen-bond donors (Lipinski definition) is 1. The van der Waals surface area contributed by atoms with Crippen LogP contribution < -0.4 is 5.32 Å². The van der Waals surface area contributed by atoms with E-state index in [0.29, 0.717) is 24.5 Å². The van der Waals surface area contributed by atoms with Crippen molar-refractivity contribution < 1.29 is 9.21 Å². The molecule has 0 bridgehead atoms. The van der Waals surface area contributed by atoms with Gasteiger partial charge in [-0.15, -0.1) is 0 Å². The third kappa shape index (κ3) is 3.14. The third-order valence-corrected chi connectivity index (χ3v) is 3.68. The Bertz CT molecular complexity index is 479. The number of hydrogen-bond acceptors (Lipinski definition) is 4. The number of nitrogens with one attached hydrogen (secondary N) is 1. The van der Waals surface area contributed by atoms with Crippen LogP contribution in [0.3, 0.4) is 0 Å². The van der Waals surface area contributed by atoms with Crippen LogP contribution >= 0.6 is 0 Å². The molecule has 1 amide bonds. The van der Waals surface area contributed by atoms with Gasteiger partial charge >= 0.3 is 0 Å². The largest absolute Gasteiger partial charge is 0.444 e. The first-order valence-corrected chi connectivity index (χ1v) is 6.77. The summed E-state index contributed by atoms with van der Waals surface area (Å²) in [6.07, 6.45) is 7.02. The standard InChI is InChI=1S/C14H19N3O2/c1-11-8-16-12(19-11)9-17-13(18)14(10-15)6-4-2-3-5-7-14/h8H,2-7,9H2,1H3,(H,17,18). The summed E-state index contributed by atoms with van der Waals surface area (Å²) in [5.74, 6) is 1.01. The first kappa shape index (κ1) is 13.6. The molecule has 0 spiro atoms. The Morgan fingerprint density at radius 2 is 2.16 bits per heavy atom. The van der Waals surface area contributed by atoms with Crippen molar-refractivity contribution in [3.8, 4) is 6.07 Å². The molecule has 0 aliphatic heterocycles. The van der Waals surface area contributed by atoms with Crippen LogP contribution in [-0.2, 0) is 11.3 Å². The molecule has 1 saturated carbocycles. The van der Waals surface area contributed by atoms with Crippen molar-refractivity contribution in [3.05, 3.63) is 17.8 Å². The zero-order valence-electron chi connectivity index (χ0n) is 11.2. The van der Waals surface area contributed by atoms with Crippen LogP contribution in [0, 0.1) is 23.7 Å². The molecule has 1 N–H and O–H groups in total. The van der Waals surface area contributed by atoms with Crippen molar-refractivity contribution in [2.24, 2.45) is 5.41 Å². The zero-order chi connectivity index (χ0) is 13.7. The van der Waals surface area contributed by atoms with Gasteiger partial charge in [-0.2, -0.15) is 5.26 Å². The van der Waals surface area contributed by atoms with Crippen molar-refractivity contribution in [1.29, 1.82) is 5.26 Å². The number of nitriles is 1. The van der Waals surface area contributed by atoms with Gasteiger partial charge in [0.1, 0.15) is 11.2 Å². The van der Waals surface area contributed by atoms with Crippen molar-refractivity contribution in [2.75, 3.05) is 0 Å². The highest BCUT2D eigenvalue weighted by Gasteiger charge is 2.38. The molecule has 5 heteroatoms. The summed E-state index contributed by atoms with van der Waals surface area (Å²) in [6.45, 7) is 2.05. The molecular formula is C14H19N3O2. The van der Waals surface area contributed by atoms with Gasteiger partial charge in [0.05, 0.1) is 18.8 Å². The first-order chi connectivity index (χ1) is 9.16. The van der Waals surface area contributed by atoms with Gasteiger partial charge in [-0.1, -0.05) is 25.7 Å². The van der Waals surface area contributed by atoms with Gasteiger partial charge in [0.2, 0.25) is 11.8 Å². The average Bonchev–Trinajstić information content (AvgIpc) is 2.69. The molecule has 1 fully saturated rings. The molecule has 1 aliphatic rings. The summed E-state index contributed by atoms with van der Waals surface area (Å²) in [7, 11) is 0. The van der Waals surface area contributed by atoms with Crippen LogP contribution in [0.2, 0.25) is 0 Å². The van der Waals surface area contributed by atoms with Crippen molar-refractivity contribution in [1.82, 2.24) is 10.3 Å². The minimum Gasteiger partial charge on any atom is -0.444 e. The van der Waals surface area contributed by atoms with Gasteiger partial charge in [-0.3, -0.25) is 4.79 Å². The van der Waals surface area contributed by atoms with Crippen LogP contribution in [0.15, 0.2) is 10.6 Å². The van der Waals surface area contributed by atoms with Gasteiger partial charge in [-0.25, -0.2) is 4.98 Å². The molecular weight excluding hydrogens is 242 g/mol. The van der Waals surface area contributed by atoms with Gasteiger partial charge in [0.15, 0.2) is 0 Å². The average molecular weight is 261 g/mol. The number of amides is 1.